The van der Waals surface area contributed by atoms with E-state index in [0.29, 0.717) is 0 Å². The molecule has 1 heterocycles. The molecule has 1 rings (SSSR count). The van der Waals surface area contributed by atoms with Gasteiger partial charge in [-0.3, -0.25) is 0 Å². The SMILES string of the molecule is CCc1nc(C)cn1C. The van der Waals surface area contributed by atoms with E-state index in [1.807, 2.05) is 20.2 Å². The summed E-state index contributed by atoms with van der Waals surface area (Å²) in [5.74, 6) is 1.16. The summed E-state index contributed by atoms with van der Waals surface area (Å²) in [6.07, 6.45) is 3.06. The van der Waals surface area contributed by atoms with Crippen LogP contribution in [-0.4, -0.2) is 9.55 Å². The number of hydrogen-bond donors (Lipinski definition) is 0. The predicted octanol–water partition coefficient (Wildman–Crippen LogP) is 1.29. The van der Waals surface area contributed by atoms with E-state index in [-0.39, 0.29) is 0 Å². The maximum Gasteiger partial charge on any atom is 0.108 e. The summed E-state index contributed by atoms with van der Waals surface area (Å²) >= 11 is 0. The van der Waals surface area contributed by atoms with Crippen molar-refractivity contribution in [2.75, 3.05) is 0 Å². The maximum absolute atomic E-state index is 4.29. The summed E-state index contributed by atoms with van der Waals surface area (Å²) in [6.45, 7) is 4.13. The first-order chi connectivity index (χ1) is 4.24. The number of aromatic nitrogens is 2. The van der Waals surface area contributed by atoms with E-state index in [1.54, 1.807) is 0 Å². The summed E-state index contributed by atoms with van der Waals surface area (Å²) in [6, 6.07) is 0. The summed E-state index contributed by atoms with van der Waals surface area (Å²) < 4.78 is 2.06. The second-order valence-corrected chi connectivity index (χ2v) is 2.26. The topological polar surface area (TPSA) is 17.8 Å². The zero-order valence-corrected chi connectivity index (χ0v) is 6.18. The Labute approximate surface area is 55.5 Å². The molecule has 0 spiro atoms. The molecule has 1 aromatic rings. The van der Waals surface area contributed by atoms with Crippen molar-refractivity contribution in [2.24, 2.45) is 7.05 Å². The fourth-order valence-electron chi connectivity index (χ4n) is 0.995. The monoisotopic (exact) mass is 124 g/mol. The van der Waals surface area contributed by atoms with Crippen LogP contribution in [-0.2, 0) is 13.5 Å². The van der Waals surface area contributed by atoms with Gasteiger partial charge in [-0.1, -0.05) is 6.92 Å². The third kappa shape index (κ3) is 1.12. The van der Waals surface area contributed by atoms with Gasteiger partial charge in [-0.2, -0.15) is 0 Å². The molecule has 0 unspecified atom stereocenters. The molecular weight excluding hydrogens is 112 g/mol. The number of nitrogens with zero attached hydrogens (tertiary/aromatic N) is 2. The van der Waals surface area contributed by atoms with Crippen molar-refractivity contribution in [1.29, 1.82) is 0 Å². The van der Waals surface area contributed by atoms with Gasteiger partial charge in [0.2, 0.25) is 0 Å². The van der Waals surface area contributed by atoms with Crippen LogP contribution in [0.25, 0.3) is 0 Å². The molecule has 0 aliphatic rings. The quantitative estimate of drug-likeness (QED) is 0.551. The first kappa shape index (κ1) is 6.33. The van der Waals surface area contributed by atoms with Gasteiger partial charge in [0.15, 0.2) is 0 Å². The van der Waals surface area contributed by atoms with Crippen molar-refractivity contribution in [1.82, 2.24) is 9.55 Å². The molecule has 0 aromatic carbocycles. The van der Waals surface area contributed by atoms with Gasteiger partial charge in [0.25, 0.3) is 0 Å². The number of imidazole rings is 1. The highest BCUT2D eigenvalue weighted by atomic mass is 15.0. The smallest absolute Gasteiger partial charge is 0.108 e. The van der Waals surface area contributed by atoms with Crippen molar-refractivity contribution in [3.05, 3.63) is 17.7 Å². The van der Waals surface area contributed by atoms with Crippen LogP contribution >= 0.6 is 0 Å². The summed E-state index contributed by atoms with van der Waals surface area (Å²) in [5.41, 5.74) is 1.11. The molecule has 0 fully saturated rings. The van der Waals surface area contributed by atoms with Gasteiger partial charge in [-0.05, 0) is 6.92 Å². The van der Waals surface area contributed by atoms with E-state index in [0.717, 1.165) is 17.9 Å². The molecular formula is C7H12N2. The van der Waals surface area contributed by atoms with Crippen LogP contribution in [0.3, 0.4) is 0 Å². The van der Waals surface area contributed by atoms with Gasteiger partial charge in [0, 0.05) is 19.7 Å². The van der Waals surface area contributed by atoms with Crippen molar-refractivity contribution in [2.45, 2.75) is 20.3 Å². The fourth-order valence-corrected chi connectivity index (χ4v) is 0.995. The predicted molar refractivity (Wildman–Crippen MR) is 37.3 cm³/mol. The van der Waals surface area contributed by atoms with Gasteiger partial charge < -0.3 is 4.57 Å². The van der Waals surface area contributed by atoms with Gasteiger partial charge in [0.1, 0.15) is 5.82 Å². The summed E-state index contributed by atoms with van der Waals surface area (Å²) in [7, 11) is 2.03. The van der Waals surface area contributed by atoms with Crippen molar-refractivity contribution < 1.29 is 0 Å². The average Bonchev–Trinajstić information content (AvgIpc) is 2.10. The largest absolute Gasteiger partial charge is 0.338 e. The lowest BCUT2D eigenvalue weighted by atomic mass is 10.5. The van der Waals surface area contributed by atoms with E-state index >= 15 is 0 Å². The van der Waals surface area contributed by atoms with E-state index in [1.165, 1.54) is 0 Å². The first-order valence-corrected chi connectivity index (χ1v) is 3.23. The van der Waals surface area contributed by atoms with Crippen LogP contribution in [0, 0.1) is 6.92 Å². The molecule has 0 N–H and O–H groups in total. The molecule has 1 aromatic heterocycles. The van der Waals surface area contributed by atoms with E-state index in [4.69, 9.17) is 0 Å². The van der Waals surface area contributed by atoms with Crippen LogP contribution in [0.2, 0.25) is 0 Å². The molecule has 0 aliphatic heterocycles. The Morgan fingerprint density at radius 2 is 2.33 bits per heavy atom. The second-order valence-electron chi connectivity index (χ2n) is 2.26. The molecule has 0 aliphatic carbocycles. The lowest BCUT2D eigenvalue weighted by Gasteiger charge is -1.92. The van der Waals surface area contributed by atoms with Gasteiger partial charge in [-0.15, -0.1) is 0 Å². The lowest BCUT2D eigenvalue weighted by Crippen LogP contribution is -1.93. The lowest BCUT2D eigenvalue weighted by molar-refractivity contribution is 0.807. The minimum absolute atomic E-state index is 1.02. The minimum atomic E-state index is 1.02. The molecule has 0 amide bonds. The normalized spacial score (nSPS) is 10.1. The molecule has 2 heteroatoms. The molecule has 50 valence electrons. The highest BCUT2D eigenvalue weighted by molar-refractivity contribution is 5.00. The molecule has 0 saturated carbocycles. The Bertz CT molecular complexity index is 201. The number of rotatable bonds is 1. The zero-order chi connectivity index (χ0) is 6.85. The highest BCUT2D eigenvalue weighted by Crippen LogP contribution is 1.98. The Morgan fingerprint density at radius 3 is 2.56 bits per heavy atom. The molecule has 2 nitrogen and oxygen atoms in total. The van der Waals surface area contributed by atoms with Gasteiger partial charge >= 0.3 is 0 Å². The summed E-state index contributed by atoms with van der Waals surface area (Å²) in [4.78, 5) is 4.29. The molecule has 0 saturated heterocycles. The van der Waals surface area contributed by atoms with Crippen molar-refractivity contribution in [3.8, 4) is 0 Å². The van der Waals surface area contributed by atoms with Crippen molar-refractivity contribution >= 4 is 0 Å². The summed E-state index contributed by atoms with van der Waals surface area (Å²) in [5, 5.41) is 0. The van der Waals surface area contributed by atoms with Gasteiger partial charge in [-0.25, -0.2) is 4.98 Å². The van der Waals surface area contributed by atoms with Crippen molar-refractivity contribution in [3.63, 3.8) is 0 Å². The Morgan fingerprint density at radius 1 is 1.67 bits per heavy atom. The third-order valence-electron chi connectivity index (χ3n) is 1.41. The van der Waals surface area contributed by atoms with Crippen LogP contribution in [0.15, 0.2) is 6.20 Å². The first-order valence-electron chi connectivity index (χ1n) is 3.23. The zero-order valence-electron chi connectivity index (χ0n) is 6.18. The van der Waals surface area contributed by atoms with Crippen LogP contribution in [0.1, 0.15) is 18.4 Å². The molecule has 9 heavy (non-hydrogen) atoms. The van der Waals surface area contributed by atoms with E-state index in [9.17, 15) is 0 Å². The van der Waals surface area contributed by atoms with Gasteiger partial charge in [0.05, 0.1) is 5.69 Å². The van der Waals surface area contributed by atoms with Crippen LogP contribution < -0.4 is 0 Å². The molecule has 0 atom stereocenters. The number of aryl methyl sites for hydroxylation is 3. The molecule has 0 radical (unpaired) electrons. The van der Waals surface area contributed by atoms with E-state index < -0.39 is 0 Å². The van der Waals surface area contributed by atoms with Crippen LogP contribution in [0.5, 0.6) is 0 Å². The standard InChI is InChI=1S/C7H12N2/c1-4-7-8-6(2)5-9(7)3/h5H,4H2,1-3H3. The fraction of sp³-hybridized carbons (Fsp3) is 0.571. The van der Waals surface area contributed by atoms with Crippen LogP contribution in [0.4, 0.5) is 0 Å². The maximum atomic E-state index is 4.29. The Balaban J connectivity index is 3.01. The molecule has 0 bridgehead atoms. The average molecular weight is 124 g/mol. The minimum Gasteiger partial charge on any atom is -0.338 e. The Kier molecular flexibility index (Phi) is 1.56. The highest BCUT2D eigenvalue weighted by Gasteiger charge is 1.96. The Hall–Kier alpha value is -0.790. The second kappa shape index (κ2) is 2.21. The number of hydrogen-bond acceptors (Lipinski definition) is 1. The third-order valence-corrected chi connectivity index (χ3v) is 1.41. The van der Waals surface area contributed by atoms with E-state index in [2.05, 4.69) is 16.5 Å².